The summed E-state index contributed by atoms with van der Waals surface area (Å²) in [5.74, 6) is 0.876. The van der Waals surface area contributed by atoms with Crippen molar-refractivity contribution in [2.24, 2.45) is 0 Å². The summed E-state index contributed by atoms with van der Waals surface area (Å²) < 4.78 is 10.9. The maximum absolute atomic E-state index is 11.2. The van der Waals surface area contributed by atoms with Crippen LogP contribution >= 0.6 is 0 Å². The lowest BCUT2D eigenvalue weighted by atomic mass is 10.2. The predicted molar refractivity (Wildman–Crippen MR) is 80.3 cm³/mol. The highest BCUT2D eigenvalue weighted by Gasteiger charge is 2.22. The average molecular weight is 288 g/mol. The normalized spacial score (nSPS) is 10.0. The second kappa shape index (κ2) is 6.60. The molecule has 21 heavy (non-hydrogen) atoms. The molecule has 0 atom stereocenters. The van der Waals surface area contributed by atoms with Crippen molar-refractivity contribution in [3.63, 3.8) is 0 Å². The molecule has 0 heterocycles. The van der Waals surface area contributed by atoms with E-state index < -0.39 is 4.92 Å². The minimum absolute atomic E-state index is 0.156. The van der Waals surface area contributed by atoms with Crippen LogP contribution in [-0.2, 0) is 0 Å². The fraction of sp³-hybridized carbons (Fsp3) is 0.200. The zero-order valence-corrected chi connectivity index (χ0v) is 11.8. The number of nitrogens with one attached hydrogen (secondary N) is 1. The second-order valence-corrected chi connectivity index (χ2v) is 4.17. The van der Waals surface area contributed by atoms with E-state index in [2.05, 4.69) is 5.32 Å². The number of anilines is 1. The first kappa shape index (κ1) is 14.6. The molecule has 6 nitrogen and oxygen atoms in total. The van der Waals surface area contributed by atoms with Crippen molar-refractivity contribution in [1.29, 1.82) is 0 Å². The number of nitrogens with zero attached hydrogens (tertiary/aromatic N) is 1. The molecular formula is C15H16N2O4. The molecule has 0 aliphatic carbocycles. The molecule has 0 bridgehead atoms. The number of benzene rings is 2. The molecule has 1 N–H and O–H groups in total. The van der Waals surface area contributed by atoms with E-state index in [-0.39, 0.29) is 17.2 Å². The Kier molecular flexibility index (Phi) is 4.61. The molecule has 2 aromatic carbocycles. The lowest BCUT2D eigenvalue weighted by Crippen LogP contribution is -1.99. The predicted octanol–water partition coefficient (Wildman–Crippen LogP) is 3.83. The smallest absolute Gasteiger partial charge is 0.352 e. The molecule has 0 amide bonds. The molecule has 0 aromatic heterocycles. The van der Waals surface area contributed by atoms with Crippen LogP contribution in [0.1, 0.15) is 6.92 Å². The van der Waals surface area contributed by atoms with Gasteiger partial charge in [-0.15, -0.1) is 0 Å². The molecule has 2 rings (SSSR count). The molecule has 0 aliphatic heterocycles. The van der Waals surface area contributed by atoms with Gasteiger partial charge in [-0.2, -0.15) is 0 Å². The number of hydrogen-bond donors (Lipinski definition) is 1. The van der Waals surface area contributed by atoms with E-state index in [1.165, 1.54) is 0 Å². The maximum atomic E-state index is 11.2. The number of nitro groups is 1. The van der Waals surface area contributed by atoms with Gasteiger partial charge in [-0.1, -0.05) is 6.07 Å². The fourth-order valence-electron chi connectivity index (χ4n) is 1.85. The summed E-state index contributed by atoms with van der Waals surface area (Å²) in [6.45, 7) is 2.12. The number of para-hydroxylation sites is 1. The summed E-state index contributed by atoms with van der Waals surface area (Å²) in [6.07, 6.45) is 0. The minimum Gasteiger partial charge on any atom is -0.487 e. The summed E-state index contributed by atoms with van der Waals surface area (Å²) >= 11 is 0. The molecule has 0 aliphatic rings. The SMILES string of the molecule is CCOc1cccc(Oc2ccc(NC)cc2)c1[N+](=O)[O-]. The van der Waals surface area contributed by atoms with Crippen LogP contribution in [0.3, 0.4) is 0 Å². The largest absolute Gasteiger partial charge is 0.487 e. The van der Waals surface area contributed by atoms with Gasteiger partial charge >= 0.3 is 5.69 Å². The van der Waals surface area contributed by atoms with Crippen LogP contribution in [0.2, 0.25) is 0 Å². The Morgan fingerprint density at radius 3 is 2.38 bits per heavy atom. The van der Waals surface area contributed by atoms with Crippen LogP contribution < -0.4 is 14.8 Å². The lowest BCUT2D eigenvalue weighted by Gasteiger charge is -2.10. The van der Waals surface area contributed by atoms with Gasteiger partial charge in [-0.05, 0) is 43.3 Å². The average Bonchev–Trinajstić information content (AvgIpc) is 2.48. The maximum Gasteiger partial charge on any atom is 0.352 e. The van der Waals surface area contributed by atoms with E-state index >= 15 is 0 Å². The van der Waals surface area contributed by atoms with E-state index in [4.69, 9.17) is 9.47 Å². The number of nitro benzene ring substituents is 1. The minimum atomic E-state index is -0.498. The van der Waals surface area contributed by atoms with Crippen LogP contribution in [0.4, 0.5) is 11.4 Å². The van der Waals surface area contributed by atoms with Crippen LogP contribution in [-0.4, -0.2) is 18.6 Å². The topological polar surface area (TPSA) is 73.6 Å². The van der Waals surface area contributed by atoms with Gasteiger partial charge in [0.1, 0.15) is 5.75 Å². The zero-order chi connectivity index (χ0) is 15.2. The van der Waals surface area contributed by atoms with Crippen molar-refractivity contribution in [2.45, 2.75) is 6.92 Å². The van der Waals surface area contributed by atoms with Gasteiger partial charge in [0.2, 0.25) is 11.5 Å². The van der Waals surface area contributed by atoms with Gasteiger partial charge in [-0.25, -0.2) is 0 Å². The van der Waals surface area contributed by atoms with Gasteiger partial charge in [0, 0.05) is 12.7 Å². The first-order valence-electron chi connectivity index (χ1n) is 6.51. The van der Waals surface area contributed by atoms with E-state index in [0.29, 0.717) is 12.4 Å². The van der Waals surface area contributed by atoms with Crippen molar-refractivity contribution >= 4 is 11.4 Å². The molecule has 110 valence electrons. The van der Waals surface area contributed by atoms with E-state index in [1.807, 2.05) is 19.2 Å². The molecule has 0 fully saturated rings. The first-order chi connectivity index (χ1) is 10.2. The van der Waals surface area contributed by atoms with E-state index in [9.17, 15) is 10.1 Å². The Bertz CT molecular complexity index is 626. The quantitative estimate of drug-likeness (QED) is 0.646. The number of hydrogen-bond acceptors (Lipinski definition) is 5. The first-order valence-corrected chi connectivity index (χ1v) is 6.51. The Morgan fingerprint density at radius 2 is 1.81 bits per heavy atom. The zero-order valence-electron chi connectivity index (χ0n) is 11.8. The Hall–Kier alpha value is -2.76. The lowest BCUT2D eigenvalue weighted by molar-refractivity contribution is -0.386. The summed E-state index contributed by atoms with van der Waals surface area (Å²) in [5, 5.41) is 14.2. The molecular weight excluding hydrogens is 272 g/mol. The fourth-order valence-corrected chi connectivity index (χ4v) is 1.85. The van der Waals surface area contributed by atoms with Gasteiger partial charge in [0.05, 0.1) is 11.5 Å². The van der Waals surface area contributed by atoms with Crippen LogP contribution in [0.15, 0.2) is 42.5 Å². The van der Waals surface area contributed by atoms with Crippen LogP contribution in [0.5, 0.6) is 17.2 Å². The van der Waals surface area contributed by atoms with Gasteiger partial charge in [-0.3, -0.25) is 10.1 Å². The Balaban J connectivity index is 2.33. The Morgan fingerprint density at radius 1 is 1.14 bits per heavy atom. The van der Waals surface area contributed by atoms with Crippen LogP contribution in [0, 0.1) is 10.1 Å². The summed E-state index contributed by atoms with van der Waals surface area (Å²) in [4.78, 5) is 10.7. The van der Waals surface area contributed by atoms with Crippen molar-refractivity contribution in [2.75, 3.05) is 19.0 Å². The number of ether oxygens (including phenoxy) is 2. The third kappa shape index (κ3) is 3.42. The summed E-state index contributed by atoms with van der Waals surface area (Å²) in [5.41, 5.74) is 0.761. The molecule has 0 unspecified atom stereocenters. The summed E-state index contributed by atoms with van der Waals surface area (Å²) in [7, 11) is 1.81. The van der Waals surface area contributed by atoms with E-state index in [1.54, 1.807) is 37.3 Å². The highest BCUT2D eigenvalue weighted by molar-refractivity contribution is 5.58. The van der Waals surface area contributed by atoms with Crippen molar-refractivity contribution in [1.82, 2.24) is 0 Å². The van der Waals surface area contributed by atoms with Crippen molar-refractivity contribution < 1.29 is 14.4 Å². The molecule has 0 spiro atoms. The third-order valence-corrected chi connectivity index (χ3v) is 2.82. The highest BCUT2D eigenvalue weighted by Crippen LogP contribution is 2.39. The molecule has 0 saturated carbocycles. The van der Waals surface area contributed by atoms with E-state index in [0.717, 1.165) is 5.69 Å². The van der Waals surface area contributed by atoms with Gasteiger partial charge in [0.15, 0.2) is 0 Å². The standard InChI is InChI=1S/C15H16N2O4/c1-3-20-13-5-4-6-14(15(13)17(18)19)21-12-9-7-11(16-2)8-10-12/h4-10,16H,3H2,1-2H3. The molecule has 6 heteroatoms. The molecule has 0 radical (unpaired) electrons. The third-order valence-electron chi connectivity index (χ3n) is 2.82. The summed E-state index contributed by atoms with van der Waals surface area (Å²) in [6, 6.07) is 11.9. The Labute approximate surface area is 122 Å². The van der Waals surface area contributed by atoms with Crippen molar-refractivity contribution in [3.05, 3.63) is 52.6 Å². The van der Waals surface area contributed by atoms with Crippen LogP contribution in [0.25, 0.3) is 0 Å². The number of rotatable bonds is 6. The molecule has 2 aromatic rings. The second-order valence-electron chi connectivity index (χ2n) is 4.17. The van der Waals surface area contributed by atoms with Gasteiger partial charge in [0.25, 0.3) is 0 Å². The monoisotopic (exact) mass is 288 g/mol. The van der Waals surface area contributed by atoms with Crippen molar-refractivity contribution in [3.8, 4) is 17.2 Å². The van der Waals surface area contributed by atoms with Gasteiger partial charge < -0.3 is 14.8 Å². The molecule has 0 saturated heterocycles. The highest BCUT2D eigenvalue weighted by atomic mass is 16.6.